The lowest BCUT2D eigenvalue weighted by atomic mass is 9.91. The lowest BCUT2D eigenvalue weighted by molar-refractivity contribution is -0.0740. The number of ether oxygens (including phenoxy) is 3. The molecule has 1 aliphatic rings. The molecule has 1 amide bonds. The van der Waals surface area contributed by atoms with Gasteiger partial charge in [-0.25, -0.2) is 4.79 Å². The molecule has 1 N–H and O–H groups in total. The third-order valence-corrected chi connectivity index (χ3v) is 5.63. The highest BCUT2D eigenvalue weighted by Gasteiger charge is 2.55. The minimum Gasteiger partial charge on any atom is -0.489 e. The van der Waals surface area contributed by atoms with E-state index in [-0.39, 0.29) is 13.2 Å². The quantitative estimate of drug-likeness (QED) is 0.660. The molecule has 1 atom stereocenters. The summed E-state index contributed by atoms with van der Waals surface area (Å²) in [5, 5.41) is 10.3. The van der Waals surface area contributed by atoms with Gasteiger partial charge in [0, 0.05) is 0 Å². The van der Waals surface area contributed by atoms with Crippen LogP contribution in [-0.2, 0) is 22.5 Å². The van der Waals surface area contributed by atoms with Gasteiger partial charge in [-0.2, -0.15) is 0 Å². The van der Waals surface area contributed by atoms with Crippen LogP contribution in [0, 0.1) is 0 Å². The number of aliphatic hydroxyl groups is 1. The Bertz CT molecular complexity index is 889. The highest BCUT2D eigenvalue weighted by molar-refractivity contribution is 5.70. The monoisotopic (exact) mass is 441 g/mol. The Hall–Kier alpha value is -2.57. The molecule has 6 heteroatoms. The van der Waals surface area contributed by atoms with Gasteiger partial charge < -0.3 is 19.3 Å². The summed E-state index contributed by atoms with van der Waals surface area (Å²) in [6, 6.07) is 18.0. The zero-order chi connectivity index (χ0) is 23.4. The van der Waals surface area contributed by atoms with Crippen molar-refractivity contribution in [2.75, 3.05) is 13.2 Å². The second-order valence-corrected chi connectivity index (χ2v) is 9.85. The normalized spacial score (nSPS) is 20.2. The molecule has 1 unspecified atom stereocenters. The fourth-order valence-electron chi connectivity index (χ4n) is 3.98. The Balaban J connectivity index is 1.66. The number of nitrogens with zero attached hydrogens (tertiary/aromatic N) is 1. The van der Waals surface area contributed by atoms with Gasteiger partial charge >= 0.3 is 6.09 Å². The number of aryl methyl sites for hydroxylation is 1. The van der Waals surface area contributed by atoms with E-state index in [9.17, 15) is 9.90 Å². The molecule has 0 bridgehead atoms. The van der Waals surface area contributed by atoms with Gasteiger partial charge in [-0.05, 0) is 70.7 Å². The first-order valence-electron chi connectivity index (χ1n) is 11.1. The Morgan fingerprint density at radius 3 is 2.31 bits per heavy atom. The van der Waals surface area contributed by atoms with Crippen molar-refractivity contribution in [3.8, 4) is 5.75 Å². The molecular weight excluding hydrogens is 406 g/mol. The van der Waals surface area contributed by atoms with Crippen molar-refractivity contribution in [3.05, 3.63) is 65.7 Å². The summed E-state index contributed by atoms with van der Waals surface area (Å²) in [7, 11) is 0. The molecule has 1 aliphatic heterocycles. The topological polar surface area (TPSA) is 68.2 Å². The first kappa shape index (κ1) is 24.1. The highest BCUT2D eigenvalue weighted by Crippen LogP contribution is 2.39. The largest absolute Gasteiger partial charge is 0.489 e. The van der Waals surface area contributed by atoms with E-state index in [1.165, 1.54) is 0 Å². The van der Waals surface area contributed by atoms with Gasteiger partial charge in [-0.1, -0.05) is 42.5 Å². The summed E-state index contributed by atoms with van der Waals surface area (Å²) in [4.78, 5) is 14.6. The molecule has 0 spiro atoms. The fraction of sp³-hybridized carbons (Fsp3) is 0.500. The van der Waals surface area contributed by atoms with Crippen molar-refractivity contribution >= 4 is 6.09 Å². The predicted octanol–water partition coefficient (Wildman–Crippen LogP) is 4.93. The number of carbonyl (C=O) groups is 1. The van der Waals surface area contributed by atoms with E-state index in [2.05, 4.69) is 0 Å². The maximum absolute atomic E-state index is 13.0. The lowest BCUT2D eigenvalue weighted by Crippen LogP contribution is -2.58. The average molecular weight is 442 g/mol. The molecular formula is C26H35NO5. The molecule has 32 heavy (non-hydrogen) atoms. The van der Waals surface area contributed by atoms with Crippen LogP contribution in [0.2, 0.25) is 0 Å². The van der Waals surface area contributed by atoms with Crippen LogP contribution in [0.3, 0.4) is 0 Å². The van der Waals surface area contributed by atoms with Crippen LogP contribution in [0.25, 0.3) is 0 Å². The fourth-order valence-corrected chi connectivity index (χ4v) is 3.98. The molecule has 0 aromatic heterocycles. The molecule has 2 aromatic carbocycles. The average Bonchev–Trinajstić information content (AvgIpc) is 3.02. The van der Waals surface area contributed by atoms with Crippen molar-refractivity contribution in [1.29, 1.82) is 0 Å². The van der Waals surface area contributed by atoms with Crippen LogP contribution in [0.5, 0.6) is 5.75 Å². The molecule has 1 heterocycles. The number of hydrogen-bond donors (Lipinski definition) is 1. The van der Waals surface area contributed by atoms with Gasteiger partial charge in [-0.3, -0.25) is 4.90 Å². The van der Waals surface area contributed by atoms with E-state index in [0.29, 0.717) is 19.4 Å². The Kier molecular flexibility index (Phi) is 7.16. The maximum Gasteiger partial charge on any atom is 0.413 e. The van der Waals surface area contributed by atoms with Gasteiger partial charge in [0.05, 0.1) is 18.8 Å². The number of amides is 1. The van der Waals surface area contributed by atoms with Crippen LogP contribution in [-0.4, -0.2) is 46.2 Å². The minimum absolute atomic E-state index is 0.200. The molecule has 0 saturated carbocycles. The zero-order valence-corrected chi connectivity index (χ0v) is 19.8. The maximum atomic E-state index is 13.0. The summed E-state index contributed by atoms with van der Waals surface area (Å²) >= 11 is 0. The zero-order valence-electron chi connectivity index (χ0n) is 19.8. The number of rotatable bonds is 7. The van der Waals surface area contributed by atoms with Gasteiger partial charge in [0.1, 0.15) is 23.7 Å². The molecule has 6 nitrogen and oxygen atoms in total. The van der Waals surface area contributed by atoms with Crippen molar-refractivity contribution in [3.63, 3.8) is 0 Å². The summed E-state index contributed by atoms with van der Waals surface area (Å²) in [5.74, 6) is 0.801. The molecule has 0 radical (unpaired) electrons. The molecule has 0 aliphatic carbocycles. The number of benzene rings is 2. The number of aliphatic hydroxyl groups excluding tert-OH is 1. The van der Waals surface area contributed by atoms with Crippen molar-refractivity contribution in [2.24, 2.45) is 0 Å². The van der Waals surface area contributed by atoms with Crippen molar-refractivity contribution in [2.45, 2.75) is 70.9 Å². The molecule has 2 aromatic rings. The second kappa shape index (κ2) is 9.51. The smallest absolute Gasteiger partial charge is 0.413 e. The van der Waals surface area contributed by atoms with Crippen molar-refractivity contribution in [1.82, 2.24) is 4.90 Å². The summed E-state index contributed by atoms with van der Waals surface area (Å²) in [6.45, 7) is 9.72. The van der Waals surface area contributed by atoms with E-state index >= 15 is 0 Å². The van der Waals surface area contributed by atoms with Gasteiger partial charge in [0.2, 0.25) is 0 Å². The van der Waals surface area contributed by atoms with E-state index in [1.807, 2.05) is 89.2 Å². The molecule has 3 rings (SSSR count). The third-order valence-electron chi connectivity index (χ3n) is 5.63. The molecule has 1 saturated heterocycles. The standard InChI is InChI=1S/C26H35NO5/c1-24(2,3)32-23(29)27-25(4,5)31-19-26(27,18-28)16-15-20-11-13-22(14-12-20)30-17-21-9-7-6-8-10-21/h6-14,28H,15-19H2,1-5H3. The van der Waals surface area contributed by atoms with E-state index in [1.54, 1.807) is 4.90 Å². The van der Waals surface area contributed by atoms with Crippen molar-refractivity contribution < 1.29 is 24.1 Å². The Morgan fingerprint density at radius 2 is 1.72 bits per heavy atom. The summed E-state index contributed by atoms with van der Waals surface area (Å²) < 4.78 is 17.4. The van der Waals surface area contributed by atoms with Gasteiger partial charge in [0.15, 0.2) is 0 Å². The second-order valence-electron chi connectivity index (χ2n) is 9.85. The van der Waals surface area contributed by atoms with E-state index in [4.69, 9.17) is 14.2 Å². The number of hydrogen-bond acceptors (Lipinski definition) is 5. The first-order chi connectivity index (χ1) is 15.0. The van der Waals surface area contributed by atoms with Crippen LogP contribution in [0.4, 0.5) is 4.79 Å². The molecule has 1 fully saturated rings. The summed E-state index contributed by atoms with van der Waals surface area (Å²) in [6.07, 6.45) is 0.757. The van der Waals surface area contributed by atoms with E-state index < -0.39 is 23.0 Å². The van der Waals surface area contributed by atoms with Crippen LogP contribution in [0.1, 0.15) is 52.2 Å². The Morgan fingerprint density at radius 1 is 1.06 bits per heavy atom. The SMILES string of the molecule is CC(C)(C)OC(=O)N1C(CO)(CCc2ccc(OCc3ccccc3)cc2)COC1(C)C. The summed E-state index contributed by atoms with van der Waals surface area (Å²) in [5.41, 5.74) is -0.118. The highest BCUT2D eigenvalue weighted by atomic mass is 16.6. The first-order valence-corrected chi connectivity index (χ1v) is 11.1. The van der Waals surface area contributed by atoms with Crippen LogP contribution >= 0.6 is 0 Å². The third kappa shape index (κ3) is 5.81. The predicted molar refractivity (Wildman–Crippen MR) is 123 cm³/mol. The lowest BCUT2D eigenvalue weighted by Gasteiger charge is -2.41. The molecule has 174 valence electrons. The number of carbonyl (C=O) groups excluding carboxylic acids is 1. The van der Waals surface area contributed by atoms with Crippen LogP contribution < -0.4 is 4.74 Å². The van der Waals surface area contributed by atoms with Gasteiger partial charge in [0.25, 0.3) is 0 Å². The minimum atomic E-state index is -0.861. The van der Waals surface area contributed by atoms with Crippen LogP contribution in [0.15, 0.2) is 54.6 Å². The van der Waals surface area contributed by atoms with Gasteiger partial charge in [-0.15, -0.1) is 0 Å². The van der Waals surface area contributed by atoms with E-state index in [0.717, 1.165) is 16.9 Å². The Labute approximate surface area is 191 Å².